The van der Waals surface area contributed by atoms with Gasteiger partial charge in [0.05, 0.1) is 0 Å². The van der Waals surface area contributed by atoms with Crippen LogP contribution >= 0.6 is 0 Å². The van der Waals surface area contributed by atoms with Gasteiger partial charge in [-0.2, -0.15) is 0 Å². The minimum atomic E-state index is -0.565. The van der Waals surface area contributed by atoms with Crippen molar-refractivity contribution in [3.05, 3.63) is 34.9 Å². The van der Waals surface area contributed by atoms with E-state index in [9.17, 15) is 14.4 Å². The molecule has 2 fully saturated rings. The molecular weight excluding hydrogens is 344 g/mol. The average molecular weight is 370 g/mol. The molecule has 1 aliphatic carbocycles. The molecule has 2 heterocycles. The largest absolute Gasteiger partial charge is 0.326 e. The lowest BCUT2D eigenvalue weighted by atomic mass is 9.91. The number of rotatable bonds is 4. The summed E-state index contributed by atoms with van der Waals surface area (Å²) in [6.07, 6.45) is 5.25. The Labute approximate surface area is 158 Å². The molecule has 7 heteroatoms. The van der Waals surface area contributed by atoms with Crippen molar-refractivity contribution in [2.75, 3.05) is 0 Å². The van der Waals surface area contributed by atoms with E-state index in [2.05, 4.69) is 10.6 Å². The fraction of sp³-hybridized carbons (Fsp3) is 0.550. The molecule has 3 amide bonds. The van der Waals surface area contributed by atoms with E-state index in [1.165, 1.54) is 12.8 Å². The van der Waals surface area contributed by atoms with E-state index in [1.54, 1.807) is 4.90 Å². The summed E-state index contributed by atoms with van der Waals surface area (Å²) in [6, 6.07) is 5.84. The van der Waals surface area contributed by atoms with Gasteiger partial charge in [0.1, 0.15) is 6.04 Å². The summed E-state index contributed by atoms with van der Waals surface area (Å²) >= 11 is 0. The Morgan fingerprint density at radius 3 is 2.74 bits per heavy atom. The van der Waals surface area contributed by atoms with Crippen LogP contribution in [0.25, 0.3) is 0 Å². The van der Waals surface area contributed by atoms with Crippen molar-refractivity contribution >= 4 is 17.7 Å². The molecule has 4 rings (SSSR count). The Morgan fingerprint density at radius 1 is 1.15 bits per heavy atom. The van der Waals surface area contributed by atoms with Crippen LogP contribution in [0, 0.1) is 0 Å². The van der Waals surface area contributed by atoms with E-state index in [0.717, 1.165) is 30.5 Å². The molecule has 3 atom stereocenters. The lowest BCUT2D eigenvalue weighted by Crippen LogP contribution is -2.52. The van der Waals surface area contributed by atoms with E-state index in [1.807, 2.05) is 18.2 Å². The maximum atomic E-state index is 12.7. The molecule has 0 radical (unpaired) electrons. The SMILES string of the molecule is N[C@H]1CCCC[C@@H]1NCc1ccc2c(c1)CN(C1CCC(=O)NC1=O)C2=O. The molecule has 7 nitrogen and oxygen atoms in total. The Balaban J connectivity index is 1.43. The molecule has 3 aliphatic rings. The first-order valence-electron chi connectivity index (χ1n) is 9.78. The third-order valence-electron chi connectivity index (χ3n) is 5.98. The van der Waals surface area contributed by atoms with Gasteiger partial charge in [-0.1, -0.05) is 25.0 Å². The Kier molecular flexibility index (Phi) is 4.97. The van der Waals surface area contributed by atoms with E-state index in [0.29, 0.717) is 24.6 Å². The van der Waals surface area contributed by atoms with E-state index >= 15 is 0 Å². The van der Waals surface area contributed by atoms with Gasteiger partial charge in [0, 0.05) is 37.2 Å². The molecule has 1 aromatic carbocycles. The number of benzene rings is 1. The fourth-order valence-electron chi connectivity index (χ4n) is 4.40. The van der Waals surface area contributed by atoms with E-state index < -0.39 is 6.04 Å². The molecule has 0 aromatic heterocycles. The van der Waals surface area contributed by atoms with Gasteiger partial charge in [0.2, 0.25) is 11.8 Å². The molecule has 1 saturated carbocycles. The van der Waals surface area contributed by atoms with Crippen molar-refractivity contribution in [1.82, 2.24) is 15.5 Å². The maximum absolute atomic E-state index is 12.7. The van der Waals surface area contributed by atoms with Crippen molar-refractivity contribution in [2.24, 2.45) is 5.73 Å². The first-order chi connectivity index (χ1) is 13.0. The summed E-state index contributed by atoms with van der Waals surface area (Å²) in [6.45, 7) is 1.13. The number of hydrogen-bond acceptors (Lipinski definition) is 5. The molecule has 2 aliphatic heterocycles. The van der Waals surface area contributed by atoms with Crippen molar-refractivity contribution in [2.45, 2.75) is 69.7 Å². The predicted molar refractivity (Wildman–Crippen MR) is 99.6 cm³/mol. The normalized spacial score (nSPS) is 28.3. The van der Waals surface area contributed by atoms with Gasteiger partial charge >= 0.3 is 0 Å². The molecule has 1 aromatic rings. The molecule has 1 unspecified atom stereocenters. The van der Waals surface area contributed by atoms with Crippen LogP contribution in [0.15, 0.2) is 18.2 Å². The predicted octanol–water partition coefficient (Wildman–Crippen LogP) is 0.807. The van der Waals surface area contributed by atoms with Crippen molar-refractivity contribution in [3.63, 3.8) is 0 Å². The molecule has 4 N–H and O–H groups in total. The number of piperidine rings is 1. The number of carbonyl (C=O) groups excluding carboxylic acids is 3. The minimum Gasteiger partial charge on any atom is -0.326 e. The number of carbonyl (C=O) groups is 3. The minimum absolute atomic E-state index is 0.131. The molecule has 0 bridgehead atoms. The number of fused-ring (bicyclic) bond motifs is 1. The zero-order valence-electron chi connectivity index (χ0n) is 15.4. The van der Waals surface area contributed by atoms with E-state index in [4.69, 9.17) is 5.73 Å². The molecule has 27 heavy (non-hydrogen) atoms. The highest BCUT2D eigenvalue weighted by Crippen LogP contribution is 2.28. The van der Waals surface area contributed by atoms with Gasteiger partial charge in [-0.25, -0.2) is 0 Å². The highest BCUT2D eigenvalue weighted by atomic mass is 16.2. The topological polar surface area (TPSA) is 105 Å². The van der Waals surface area contributed by atoms with Gasteiger partial charge < -0.3 is 16.0 Å². The Bertz CT molecular complexity index is 778. The molecule has 144 valence electrons. The van der Waals surface area contributed by atoms with Crippen molar-refractivity contribution < 1.29 is 14.4 Å². The van der Waals surface area contributed by atoms with Gasteiger partial charge in [-0.15, -0.1) is 0 Å². The van der Waals surface area contributed by atoms with Gasteiger partial charge in [-0.3, -0.25) is 19.7 Å². The standard InChI is InChI=1S/C20H26N4O3/c21-15-3-1-2-4-16(15)22-10-12-5-6-14-13(9-12)11-24(20(14)27)17-7-8-18(25)23-19(17)26/h5-6,9,15-17,22H,1-4,7-8,10-11,21H2,(H,23,25,26)/t15-,16-,17?/m0/s1. The smallest absolute Gasteiger partial charge is 0.255 e. The lowest BCUT2D eigenvalue weighted by molar-refractivity contribution is -0.136. The number of nitrogens with one attached hydrogen (secondary N) is 2. The summed E-state index contributed by atoms with van der Waals surface area (Å²) in [5.41, 5.74) is 8.91. The Hall–Kier alpha value is -2.25. The van der Waals surface area contributed by atoms with Crippen molar-refractivity contribution in [3.8, 4) is 0 Å². The van der Waals surface area contributed by atoms with Crippen LogP contribution in [0.5, 0.6) is 0 Å². The monoisotopic (exact) mass is 370 g/mol. The summed E-state index contributed by atoms with van der Waals surface area (Å²) in [4.78, 5) is 37.8. The maximum Gasteiger partial charge on any atom is 0.255 e. The fourth-order valence-corrected chi connectivity index (χ4v) is 4.40. The summed E-state index contributed by atoms with van der Waals surface area (Å²) in [5, 5.41) is 5.88. The third-order valence-corrected chi connectivity index (χ3v) is 5.98. The van der Waals surface area contributed by atoms with Crippen LogP contribution in [-0.2, 0) is 22.7 Å². The number of nitrogens with two attached hydrogens (primary N) is 1. The third kappa shape index (κ3) is 3.61. The second-order valence-electron chi connectivity index (χ2n) is 7.83. The zero-order chi connectivity index (χ0) is 19.0. The van der Waals surface area contributed by atoms with Crippen LogP contribution in [-0.4, -0.2) is 40.7 Å². The van der Waals surface area contributed by atoms with E-state index in [-0.39, 0.29) is 30.2 Å². The number of hydrogen-bond donors (Lipinski definition) is 3. The number of imide groups is 1. The first-order valence-corrected chi connectivity index (χ1v) is 9.78. The average Bonchev–Trinajstić information content (AvgIpc) is 2.97. The molecule has 0 spiro atoms. The van der Waals surface area contributed by atoms with Crippen LogP contribution < -0.4 is 16.4 Å². The van der Waals surface area contributed by atoms with Gasteiger partial charge in [-0.05, 0) is 36.5 Å². The highest BCUT2D eigenvalue weighted by molar-refractivity contribution is 6.05. The van der Waals surface area contributed by atoms with Crippen LogP contribution in [0.1, 0.15) is 60.0 Å². The lowest BCUT2D eigenvalue weighted by Gasteiger charge is -2.29. The molecular formula is C20H26N4O3. The van der Waals surface area contributed by atoms with Crippen LogP contribution in [0.2, 0.25) is 0 Å². The summed E-state index contributed by atoms with van der Waals surface area (Å²) < 4.78 is 0. The zero-order valence-corrected chi connectivity index (χ0v) is 15.4. The van der Waals surface area contributed by atoms with Gasteiger partial charge in [0.15, 0.2) is 0 Å². The number of nitrogens with zero attached hydrogens (tertiary/aromatic N) is 1. The number of amides is 3. The van der Waals surface area contributed by atoms with Gasteiger partial charge in [0.25, 0.3) is 5.91 Å². The van der Waals surface area contributed by atoms with Crippen LogP contribution in [0.3, 0.4) is 0 Å². The second kappa shape index (κ2) is 7.40. The van der Waals surface area contributed by atoms with Crippen LogP contribution in [0.4, 0.5) is 0 Å². The first kappa shape index (κ1) is 18.1. The quantitative estimate of drug-likeness (QED) is 0.680. The summed E-state index contributed by atoms with van der Waals surface area (Å²) in [5.74, 6) is -0.774. The Morgan fingerprint density at radius 2 is 1.96 bits per heavy atom. The molecule has 1 saturated heterocycles. The highest BCUT2D eigenvalue weighted by Gasteiger charge is 2.39. The second-order valence-corrected chi connectivity index (χ2v) is 7.83. The summed E-state index contributed by atoms with van der Waals surface area (Å²) in [7, 11) is 0. The van der Waals surface area contributed by atoms with Crippen molar-refractivity contribution in [1.29, 1.82) is 0 Å².